The van der Waals surface area contributed by atoms with E-state index in [0.717, 1.165) is 30.1 Å². The third kappa shape index (κ3) is 3.12. The van der Waals surface area contributed by atoms with E-state index < -0.39 is 5.97 Å². The lowest BCUT2D eigenvalue weighted by molar-refractivity contribution is -0.137. The van der Waals surface area contributed by atoms with E-state index in [1.807, 2.05) is 31.3 Å². The molecule has 1 aromatic rings. The van der Waals surface area contributed by atoms with E-state index in [-0.39, 0.29) is 12.5 Å². The smallest absolute Gasteiger partial charge is 0.303 e. The number of nitrogens with zero attached hydrogens (tertiary/aromatic N) is 2. The number of amidine groups is 1. The molecular formula is C14H19N3O2. The number of hydrogen-bond acceptors (Lipinski definition) is 4. The quantitative estimate of drug-likeness (QED) is 0.836. The van der Waals surface area contributed by atoms with E-state index in [1.54, 1.807) is 0 Å². The van der Waals surface area contributed by atoms with Gasteiger partial charge in [-0.25, -0.2) is 0 Å². The number of nitrogens with two attached hydrogens (primary N) is 1. The molecule has 0 aliphatic carbocycles. The van der Waals surface area contributed by atoms with Crippen LogP contribution in [0.2, 0.25) is 0 Å². The van der Waals surface area contributed by atoms with Crippen LogP contribution in [0.1, 0.15) is 30.0 Å². The molecule has 1 aliphatic heterocycles. The van der Waals surface area contributed by atoms with Crippen molar-refractivity contribution in [2.24, 2.45) is 10.7 Å². The molecule has 1 unspecified atom stereocenters. The van der Waals surface area contributed by atoms with Gasteiger partial charge >= 0.3 is 5.97 Å². The van der Waals surface area contributed by atoms with Gasteiger partial charge in [0.2, 0.25) is 0 Å². The first-order chi connectivity index (χ1) is 9.09. The average molecular weight is 261 g/mol. The van der Waals surface area contributed by atoms with Gasteiger partial charge in [0.1, 0.15) is 5.84 Å². The highest BCUT2D eigenvalue weighted by atomic mass is 16.4. The Morgan fingerprint density at radius 1 is 1.53 bits per heavy atom. The van der Waals surface area contributed by atoms with E-state index in [9.17, 15) is 4.79 Å². The van der Waals surface area contributed by atoms with Crippen LogP contribution in [-0.2, 0) is 4.79 Å². The SMILES string of the molecule is CN1CCN=C1c1ccccc1C(N)CCC(=O)O. The molecule has 1 aromatic carbocycles. The van der Waals surface area contributed by atoms with Crippen LogP contribution < -0.4 is 5.73 Å². The zero-order valence-electron chi connectivity index (χ0n) is 11.0. The molecule has 0 spiro atoms. The molecule has 0 saturated carbocycles. The van der Waals surface area contributed by atoms with Gasteiger partial charge in [0.05, 0.1) is 6.54 Å². The summed E-state index contributed by atoms with van der Waals surface area (Å²) in [6.07, 6.45) is 0.515. The van der Waals surface area contributed by atoms with Gasteiger partial charge in [-0.15, -0.1) is 0 Å². The van der Waals surface area contributed by atoms with E-state index in [2.05, 4.69) is 9.89 Å². The molecule has 0 aromatic heterocycles. The second kappa shape index (κ2) is 5.84. The van der Waals surface area contributed by atoms with Gasteiger partial charge < -0.3 is 15.7 Å². The van der Waals surface area contributed by atoms with Crippen molar-refractivity contribution in [2.45, 2.75) is 18.9 Å². The van der Waals surface area contributed by atoms with Gasteiger partial charge in [0, 0.05) is 31.6 Å². The van der Waals surface area contributed by atoms with E-state index in [0.29, 0.717) is 6.42 Å². The number of benzene rings is 1. The lowest BCUT2D eigenvalue weighted by Crippen LogP contribution is -2.26. The molecule has 3 N–H and O–H groups in total. The van der Waals surface area contributed by atoms with Crippen LogP contribution in [0.15, 0.2) is 29.3 Å². The number of aliphatic carboxylic acids is 1. The van der Waals surface area contributed by atoms with Gasteiger partial charge in [0.15, 0.2) is 0 Å². The van der Waals surface area contributed by atoms with Gasteiger partial charge in [-0.3, -0.25) is 9.79 Å². The number of carboxylic acids is 1. The second-order valence-corrected chi connectivity index (χ2v) is 4.75. The lowest BCUT2D eigenvalue weighted by Gasteiger charge is -2.20. The van der Waals surface area contributed by atoms with Gasteiger partial charge in [0.25, 0.3) is 0 Å². The molecule has 0 saturated heterocycles. The zero-order chi connectivity index (χ0) is 13.8. The molecule has 0 radical (unpaired) electrons. The van der Waals surface area contributed by atoms with Crippen LogP contribution in [0.4, 0.5) is 0 Å². The highest BCUT2D eigenvalue weighted by Crippen LogP contribution is 2.23. The fourth-order valence-electron chi connectivity index (χ4n) is 2.28. The van der Waals surface area contributed by atoms with Gasteiger partial charge in [-0.05, 0) is 12.0 Å². The number of hydrogen-bond donors (Lipinski definition) is 2. The highest BCUT2D eigenvalue weighted by Gasteiger charge is 2.20. The summed E-state index contributed by atoms with van der Waals surface area (Å²) in [5.74, 6) is 0.129. The van der Waals surface area contributed by atoms with Crippen LogP contribution >= 0.6 is 0 Å². The summed E-state index contributed by atoms with van der Waals surface area (Å²) < 4.78 is 0. The Hall–Kier alpha value is -1.88. The van der Waals surface area contributed by atoms with Crippen LogP contribution in [0, 0.1) is 0 Å². The maximum atomic E-state index is 10.6. The lowest BCUT2D eigenvalue weighted by atomic mass is 9.96. The van der Waals surface area contributed by atoms with Crippen LogP contribution in [-0.4, -0.2) is 41.9 Å². The molecule has 5 nitrogen and oxygen atoms in total. The van der Waals surface area contributed by atoms with E-state index in [1.165, 1.54) is 0 Å². The first kappa shape index (κ1) is 13.5. The Morgan fingerprint density at radius 2 is 2.26 bits per heavy atom. The second-order valence-electron chi connectivity index (χ2n) is 4.75. The maximum absolute atomic E-state index is 10.6. The van der Waals surface area contributed by atoms with Crippen molar-refractivity contribution in [2.75, 3.05) is 20.1 Å². The molecular weight excluding hydrogens is 242 g/mol. The number of rotatable bonds is 5. The predicted octanol–water partition coefficient (Wildman–Crippen LogP) is 1.24. The summed E-state index contributed by atoms with van der Waals surface area (Å²) in [4.78, 5) is 17.2. The summed E-state index contributed by atoms with van der Waals surface area (Å²) in [5, 5.41) is 8.74. The summed E-state index contributed by atoms with van der Waals surface area (Å²) in [7, 11) is 2.01. The van der Waals surface area contributed by atoms with Crippen molar-refractivity contribution in [1.82, 2.24) is 4.90 Å². The Labute approximate surface area is 112 Å². The molecule has 1 atom stereocenters. The third-order valence-corrected chi connectivity index (χ3v) is 3.33. The summed E-state index contributed by atoms with van der Waals surface area (Å²) in [6.45, 7) is 1.71. The molecule has 19 heavy (non-hydrogen) atoms. The highest BCUT2D eigenvalue weighted by molar-refractivity contribution is 6.01. The molecule has 1 aliphatic rings. The van der Waals surface area contributed by atoms with Crippen LogP contribution in [0.25, 0.3) is 0 Å². The minimum atomic E-state index is -0.816. The predicted molar refractivity (Wildman–Crippen MR) is 74.3 cm³/mol. The topological polar surface area (TPSA) is 78.9 Å². The number of aliphatic imine (C=N–C) groups is 1. The third-order valence-electron chi connectivity index (χ3n) is 3.33. The molecule has 1 heterocycles. The monoisotopic (exact) mass is 261 g/mol. The largest absolute Gasteiger partial charge is 0.481 e. The van der Waals surface area contributed by atoms with Gasteiger partial charge in [-0.2, -0.15) is 0 Å². The fraction of sp³-hybridized carbons (Fsp3) is 0.429. The molecule has 0 amide bonds. The molecule has 2 rings (SSSR count). The fourth-order valence-corrected chi connectivity index (χ4v) is 2.28. The van der Waals surface area contributed by atoms with Crippen molar-refractivity contribution in [3.05, 3.63) is 35.4 Å². The van der Waals surface area contributed by atoms with Gasteiger partial charge in [-0.1, -0.05) is 24.3 Å². The summed E-state index contributed by atoms with van der Waals surface area (Å²) in [6, 6.07) is 7.56. The van der Waals surface area contributed by atoms with Crippen molar-refractivity contribution in [1.29, 1.82) is 0 Å². The number of likely N-dealkylation sites (N-methyl/N-ethyl adjacent to an activating group) is 1. The summed E-state index contributed by atoms with van der Waals surface area (Å²) >= 11 is 0. The molecule has 0 bridgehead atoms. The zero-order valence-corrected chi connectivity index (χ0v) is 11.0. The first-order valence-electron chi connectivity index (χ1n) is 6.42. The minimum Gasteiger partial charge on any atom is -0.481 e. The Morgan fingerprint density at radius 3 is 2.89 bits per heavy atom. The first-order valence-corrected chi connectivity index (χ1v) is 6.42. The standard InChI is InChI=1S/C14H19N3O2/c1-17-9-8-16-14(17)11-5-3-2-4-10(11)12(15)6-7-13(18)19/h2-5,12H,6-9,15H2,1H3,(H,18,19). The Kier molecular flexibility index (Phi) is 4.16. The summed E-state index contributed by atoms with van der Waals surface area (Å²) in [5.41, 5.74) is 8.10. The Balaban J connectivity index is 2.23. The molecule has 5 heteroatoms. The minimum absolute atomic E-state index is 0.0812. The maximum Gasteiger partial charge on any atom is 0.303 e. The Bertz CT molecular complexity index is 499. The van der Waals surface area contributed by atoms with E-state index in [4.69, 9.17) is 10.8 Å². The molecule has 102 valence electrons. The van der Waals surface area contributed by atoms with Crippen LogP contribution in [0.3, 0.4) is 0 Å². The van der Waals surface area contributed by atoms with Crippen molar-refractivity contribution in [3.8, 4) is 0 Å². The average Bonchev–Trinajstić information content (AvgIpc) is 2.82. The van der Waals surface area contributed by atoms with Crippen molar-refractivity contribution in [3.63, 3.8) is 0 Å². The van der Waals surface area contributed by atoms with Crippen molar-refractivity contribution >= 4 is 11.8 Å². The van der Waals surface area contributed by atoms with Crippen molar-refractivity contribution < 1.29 is 9.90 Å². The molecule has 0 fully saturated rings. The van der Waals surface area contributed by atoms with Crippen LogP contribution in [0.5, 0.6) is 0 Å². The number of carbonyl (C=O) groups is 1. The normalized spacial score (nSPS) is 16.3. The van der Waals surface area contributed by atoms with E-state index >= 15 is 0 Å². The number of carboxylic acid groups (broad SMARTS) is 1.